The van der Waals surface area contributed by atoms with Crippen LogP contribution in [0.3, 0.4) is 0 Å². The van der Waals surface area contributed by atoms with E-state index >= 15 is 0 Å². The molecule has 1 aromatic heterocycles. The van der Waals surface area contributed by atoms with Crippen molar-refractivity contribution in [3.63, 3.8) is 0 Å². The summed E-state index contributed by atoms with van der Waals surface area (Å²) in [6.07, 6.45) is 1.80. The minimum Gasteiger partial charge on any atom is -0.353 e. The van der Waals surface area contributed by atoms with Crippen LogP contribution in [0.4, 0.5) is 5.82 Å². The first kappa shape index (κ1) is 16.2. The lowest BCUT2D eigenvalue weighted by Gasteiger charge is -2.37. The van der Waals surface area contributed by atoms with Crippen LogP contribution in [0.1, 0.15) is 0 Å². The summed E-state index contributed by atoms with van der Waals surface area (Å²) in [6.45, 7) is 1.88. The molecule has 0 bridgehead atoms. The Morgan fingerprint density at radius 1 is 1.21 bits per heavy atom. The van der Waals surface area contributed by atoms with Gasteiger partial charge < -0.3 is 10.6 Å². The lowest BCUT2D eigenvalue weighted by molar-refractivity contribution is 0.514. The number of nitrogens with two attached hydrogens (primary N) is 1. The van der Waals surface area contributed by atoms with Crippen molar-refractivity contribution in [1.82, 2.24) is 4.98 Å². The number of hydrogen-bond acceptors (Lipinski definition) is 3. The van der Waals surface area contributed by atoms with Crippen molar-refractivity contribution in [2.75, 3.05) is 18.0 Å². The second-order valence-corrected chi connectivity index (χ2v) is 2.85. The zero-order chi connectivity index (χ0) is 7.68. The molecule has 0 radical (unpaired) electrons. The van der Waals surface area contributed by atoms with E-state index in [0.717, 1.165) is 18.9 Å². The molecule has 1 fully saturated rings. The van der Waals surface area contributed by atoms with E-state index in [1.807, 2.05) is 18.2 Å². The molecular formula is C8H14Cl3N3. The molecular weight excluding hydrogens is 244 g/mol. The minimum atomic E-state index is 0. The van der Waals surface area contributed by atoms with Gasteiger partial charge in [-0.15, -0.1) is 37.2 Å². The van der Waals surface area contributed by atoms with Crippen LogP contribution in [0.5, 0.6) is 0 Å². The van der Waals surface area contributed by atoms with Gasteiger partial charge >= 0.3 is 0 Å². The summed E-state index contributed by atoms with van der Waals surface area (Å²) in [5.74, 6) is 1.04. The Hall–Kier alpha value is -0.220. The topological polar surface area (TPSA) is 42.1 Å². The molecule has 1 aromatic rings. The standard InChI is InChI=1S/C8H11N3.3ClH/c9-7-5-11(6-7)8-3-1-2-4-10-8;;;/h1-4,7H,5-6,9H2;3*1H. The fourth-order valence-electron chi connectivity index (χ4n) is 1.24. The van der Waals surface area contributed by atoms with Crippen LogP contribution in [-0.4, -0.2) is 24.1 Å². The average Bonchev–Trinajstić information content (AvgIpc) is 2.01. The maximum absolute atomic E-state index is 5.64. The van der Waals surface area contributed by atoms with E-state index < -0.39 is 0 Å². The van der Waals surface area contributed by atoms with E-state index in [1.165, 1.54) is 0 Å². The third kappa shape index (κ3) is 3.50. The Bertz CT molecular complexity index is 239. The fourth-order valence-corrected chi connectivity index (χ4v) is 1.24. The highest BCUT2D eigenvalue weighted by atomic mass is 35.5. The lowest BCUT2D eigenvalue weighted by Crippen LogP contribution is -2.56. The van der Waals surface area contributed by atoms with Gasteiger partial charge in [-0.2, -0.15) is 0 Å². The van der Waals surface area contributed by atoms with Gasteiger partial charge in [-0.25, -0.2) is 4.98 Å². The molecule has 0 atom stereocenters. The lowest BCUT2D eigenvalue weighted by atomic mass is 10.1. The second kappa shape index (κ2) is 7.12. The summed E-state index contributed by atoms with van der Waals surface area (Å²) >= 11 is 0. The van der Waals surface area contributed by atoms with E-state index in [0.29, 0.717) is 6.04 Å². The van der Waals surface area contributed by atoms with Crippen molar-refractivity contribution in [2.24, 2.45) is 5.73 Å². The zero-order valence-corrected chi connectivity index (χ0v) is 9.95. The monoisotopic (exact) mass is 257 g/mol. The summed E-state index contributed by atoms with van der Waals surface area (Å²) in [5, 5.41) is 0. The molecule has 2 rings (SSSR count). The van der Waals surface area contributed by atoms with Gasteiger partial charge in [-0.05, 0) is 12.1 Å². The van der Waals surface area contributed by atoms with Crippen LogP contribution < -0.4 is 10.6 Å². The zero-order valence-electron chi connectivity index (χ0n) is 7.50. The van der Waals surface area contributed by atoms with Crippen LogP contribution in [0.15, 0.2) is 24.4 Å². The van der Waals surface area contributed by atoms with Crippen molar-refractivity contribution < 1.29 is 0 Å². The molecule has 3 nitrogen and oxygen atoms in total. The number of pyridine rings is 1. The molecule has 1 aliphatic rings. The highest BCUT2D eigenvalue weighted by molar-refractivity contribution is 5.86. The smallest absolute Gasteiger partial charge is 0.128 e. The van der Waals surface area contributed by atoms with Gasteiger partial charge in [0.2, 0.25) is 0 Å². The molecule has 0 amide bonds. The van der Waals surface area contributed by atoms with Gasteiger partial charge in [0.25, 0.3) is 0 Å². The fraction of sp³-hybridized carbons (Fsp3) is 0.375. The third-order valence-electron chi connectivity index (χ3n) is 1.88. The predicted molar refractivity (Wildman–Crippen MR) is 66.2 cm³/mol. The second-order valence-electron chi connectivity index (χ2n) is 2.85. The van der Waals surface area contributed by atoms with Gasteiger partial charge in [0.1, 0.15) is 5.82 Å². The summed E-state index contributed by atoms with van der Waals surface area (Å²) in [6, 6.07) is 6.26. The molecule has 1 saturated heterocycles. The van der Waals surface area contributed by atoms with Crippen LogP contribution in [-0.2, 0) is 0 Å². The number of rotatable bonds is 1. The van der Waals surface area contributed by atoms with E-state index in [-0.39, 0.29) is 37.2 Å². The maximum Gasteiger partial charge on any atom is 0.128 e. The first-order valence-corrected chi connectivity index (χ1v) is 3.78. The number of anilines is 1. The Morgan fingerprint density at radius 2 is 1.86 bits per heavy atom. The maximum atomic E-state index is 5.64. The van der Waals surface area contributed by atoms with Crippen molar-refractivity contribution in [3.8, 4) is 0 Å². The molecule has 0 aliphatic carbocycles. The van der Waals surface area contributed by atoms with Gasteiger partial charge in [-0.1, -0.05) is 6.07 Å². The molecule has 0 aromatic carbocycles. The highest BCUT2D eigenvalue weighted by Crippen LogP contribution is 2.15. The average molecular weight is 259 g/mol. The molecule has 0 saturated carbocycles. The normalized spacial score (nSPS) is 14.2. The van der Waals surface area contributed by atoms with Crippen LogP contribution in [0.2, 0.25) is 0 Å². The quantitative estimate of drug-likeness (QED) is 0.830. The molecule has 1 aliphatic heterocycles. The Balaban J connectivity index is 0. The molecule has 82 valence electrons. The van der Waals surface area contributed by atoms with Gasteiger partial charge in [0.05, 0.1) is 0 Å². The van der Waals surface area contributed by atoms with Gasteiger partial charge in [0.15, 0.2) is 0 Å². The van der Waals surface area contributed by atoms with E-state index in [2.05, 4.69) is 9.88 Å². The van der Waals surface area contributed by atoms with Crippen LogP contribution in [0.25, 0.3) is 0 Å². The number of nitrogens with zero attached hydrogens (tertiary/aromatic N) is 2. The van der Waals surface area contributed by atoms with Gasteiger partial charge in [-0.3, -0.25) is 0 Å². The largest absolute Gasteiger partial charge is 0.353 e. The predicted octanol–water partition coefficient (Wildman–Crippen LogP) is 1.49. The first-order chi connectivity index (χ1) is 5.36. The summed E-state index contributed by atoms with van der Waals surface area (Å²) in [7, 11) is 0. The molecule has 2 N–H and O–H groups in total. The van der Waals surface area contributed by atoms with E-state index in [9.17, 15) is 0 Å². The Kier molecular flexibility index (Phi) is 8.25. The van der Waals surface area contributed by atoms with Crippen molar-refractivity contribution >= 4 is 43.0 Å². The summed E-state index contributed by atoms with van der Waals surface area (Å²) in [5.41, 5.74) is 5.64. The Morgan fingerprint density at radius 3 is 2.29 bits per heavy atom. The summed E-state index contributed by atoms with van der Waals surface area (Å²) in [4.78, 5) is 6.38. The minimum absolute atomic E-state index is 0. The van der Waals surface area contributed by atoms with E-state index in [4.69, 9.17) is 5.73 Å². The van der Waals surface area contributed by atoms with Crippen LogP contribution in [0, 0.1) is 0 Å². The number of halogens is 3. The van der Waals surface area contributed by atoms with Crippen molar-refractivity contribution in [2.45, 2.75) is 6.04 Å². The molecule has 14 heavy (non-hydrogen) atoms. The van der Waals surface area contributed by atoms with E-state index in [1.54, 1.807) is 6.20 Å². The molecule has 2 heterocycles. The SMILES string of the molecule is Cl.Cl.Cl.NC1CN(c2ccccn2)C1. The third-order valence-corrected chi connectivity index (χ3v) is 1.88. The first-order valence-electron chi connectivity index (χ1n) is 3.78. The highest BCUT2D eigenvalue weighted by Gasteiger charge is 2.23. The Labute approximate surface area is 102 Å². The van der Waals surface area contributed by atoms with Gasteiger partial charge in [0, 0.05) is 25.3 Å². The number of aromatic nitrogens is 1. The van der Waals surface area contributed by atoms with Crippen LogP contribution >= 0.6 is 37.2 Å². The molecule has 0 unspecified atom stereocenters. The van der Waals surface area contributed by atoms with Crippen molar-refractivity contribution in [3.05, 3.63) is 24.4 Å². The molecule has 0 spiro atoms. The molecule has 6 heteroatoms. The summed E-state index contributed by atoms with van der Waals surface area (Å²) < 4.78 is 0. The van der Waals surface area contributed by atoms with Crippen molar-refractivity contribution in [1.29, 1.82) is 0 Å². The number of hydrogen-bond donors (Lipinski definition) is 1.